The van der Waals surface area contributed by atoms with Crippen molar-refractivity contribution >= 4 is 51.7 Å². The van der Waals surface area contributed by atoms with Gasteiger partial charge in [0.25, 0.3) is 11.6 Å². The van der Waals surface area contributed by atoms with Crippen LogP contribution in [-0.4, -0.2) is 15.2 Å². The van der Waals surface area contributed by atoms with Gasteiger partial charge in [0.15, 0.2) is 4.32 Å². The lowest BCUT2D eigenvalue weighted by Crippen LogP contribution is -2.27. The predicted octanol–water partition coefficient (Wildman–Crippen LogP) is 5.30. The summed E-state index contributed by atoms with van der Waals surface area (Å²) >= 11 is 6.57. The molecule has 0 saturated carbocycles. The number of nitro benzene ring substituents is 1. The summed E-state index contributed by atoms with van der Waals surface area (Å²) in [5.74, 6) is -0.223. The van der Waals surface area contributed by atoms with E-state index in [0.717, 1.165) is 5.56 Å². The van der Waals surface area contributed by atoms with Crippen molar-refractivity contribution < 1.29 is 9.72 Å². The number of thiocarbonyl (C=S) groups is 1. The van der Waals surface area contributed by atoms with E-state index in [0.29, 0.717) is 14.9 Å². The van der Waals surface area contributed by atoms with Crippen LogP contribution in [0.25, 0.3) is 6.08 Å². The lowest BCUT2D eigenvalue weighted by atomic mass is 9.87. The minimum Gasteiger partial charge on any atom is -0.268 e. The fourth-order valence-electron chi connectivity index (χ4n) is 2.64. The van der Waals surface area contributed by atoms with Crippen molar-refractivity contribution in [3.8, 4) is 0 Å². The number of carbonyl (C=O) groups excluding carboxylic acids is 1. The van der Waals surface area contributed by atoms with Crippen molar-refractivity contribution in [1.82, 2.24) is 0 Å². The number of rotatable bonds is 3. The Labute approximate surface area is 167 Å². The second kappa shape index (κ2) is 7.25. The molecule has 1 heterocycles. The van der Waals surface area contributed by atoms with E-state index in [1.54, 1.807) is 0 Å². The summed E-state index contributed by atoms with van der Waals surface area (Å²) in [6, 6.07) is 13.9. The Morgan fingerprint density at radius 2 is 1.67 bits per heavy atom. The molecule has 1 saturated heterocycles. The molecule has 3 rings (SSSR count). The number of hydrogen-bond donors (Lipinski definition) is 0. The highest BCUT2D eigenvalue weighted by Crippen LogP contribution is 2.36. The molecule has 0 unspecified atom stereocenters. The van der Waals surface area contributed by atoms with Gasteiger partial charge in [-0.05, 0) is 34.8 Å². The summed E-state index contributed by atoms with van der Waals surface area (Å²) in [7, 11) is 0. The summed E-state index contributed by atoms with van der Waals surface area (Å²) in [6.45, 7) is 6.45. The molecule has 1 fully saturated rings. The maximum absolute atomic E-state index is 12.8. The standard InChI is InChI=1S/C20H18N2O3S2/c1-20(2,3)14-6-4-13(5-7-14)12-17-18(23)21(19(26)27-17)15-8-10-16(11-9-15)22(24)25/h4-12H,1-3H3/b17-12-. The first kappa shape index (κ1) is 19.3. The highest BCUT2D eigenvalue weighted by atomic mass is 32.2. The fraction of sp³-hybridized carbons (Fsp3) is 0.200. The van der Waals surface area contributed by atoms with Gasteiger partial charge in [-0.3, -0.25) is 19.8 Å². The van der Waals surface area contributed by atoms with Crippen molar-refractivity contribution in [3.05, 3.63) is 74.7 Å². The van der Waals surface area contributed by atoms with Gasteiger partial charge < -0.3 is 0 Å². The molecule has 0 aliphatic carbocycles. The molecule has 0 N–H and O–H groups in total. The Morgan fingerprint density at radius 3 is 2.19 bits per heavy atom. The molecule has 0 spiro atoms. The molecule has 0 radical (unpaired) electrons. The highest BCUT2D eigenvalue weighted by molar-refractivity contribution is 8.27. The average molecular weight is 399 g/mol. The Morgan fingerprint density at radius 1 is 1.07 bits per heavy atom. The van der Waals surface area contributed by atoms with E-state index in [1.165, 1.54) is 46.5 Å². The largest absolute Gasteiger partial charge is 0.270 e. The van der Waals surface area contributed by atoms with Crippen LogP contribution < -0.4 is 4.90 Å². The normalized spacial score (nSPS) is 16.3. The van der Waals surface area contributed by atoms with E-state index in [1.807, 2.05) is 18.2 Å². The van der Waals surface area contributed by atoms with Crippen LogP contribution in [0.4, 0.5) is 11.4 Å². The van der Waals surface area contributed by atoms with Crippen LogP contribution in [-0.2, 0) is 10.2 Å². The van der Waals surface area contributed by atoms with Crippen LogP contribution >= 0.6 is 24.0 Å². The third-order valence-corrected chi connectivity index (χ3v) is 5.49. The molecular weight excluding hydrogens is 380 g/mol. The van der Waals surface area contributed by atoms with Crippen molar-refractivity contribution in [2.24, 2.45) is 0 Å². The van der Waals surface area contributed by atoms with Gasteiger partial charge in [-0.15, -0.1) is 0 Å². The molecule has 7 heteroatoms. The zero-order valence-electron chi connectivity index (χ0n) is 15.1. The first-order valence-electron chi connectivity index (χ1n) is 8.30. The topological polar surface area (TPSA) is 63.4 Å². The van der Waals surface area contributed by atoms with Crippen LogP contribution in [0.2, 0.25) is 0 Å². The van der Waals surface area contributed by atoms with Crippen molar-refractivity contribution in [1.29, 1.82) is 0 Å². The van der Waals surface area contributed by atoms with Gasteiger partial charge in [0.1, 0.15) is 0 Å². The SMILES string of the molecule is CC(C)(C)c1ccc(/C=C2\SC(=S)N(c3ccc([N+](=O)[O-])cc3)C2=O)cc1. The summed E-state index contributed by atoms with van der Waals surface area (Å²) in [5, 5.41) is 10.8. The smallest absolute Gasteiger partial charge is 0.268 e. The molecule has 0 atom stereocenters. The fourth-order valence-corrected chi connectivity index (χ4v) is 3.94. The zero-order valence-corrected chi connectivity index (χ0v) is 16.8. The van der Waals surface area contributed by atoms with Gasteiger partial charge in [0.05, 0.1) is 15.5 Å². The van der Waals surface area contributed by atoms with Gasteiger partial charge in [0.2, 0.25) is 0 Å². The van der Waals surface area contributed by atoms with E-state index in [2.05, 4.69) is 32.9 Å². The molecular formula is C20H18N2O3S2. The molecule has 0 bridgehead atoms. The third kappa shape index (κ3) is 4.09. The average Bonchev–Trinajstić information content (AvgIpc) is 2.88. The Bertz CT molecular complexity index is 943. The van der Waals surface area contributed by atoms with Gasteiger partial charge in [-0.25, -0.2) is 0 Å². The molecule has 1 amide bonds. The predicted molar refractivity (Wildman–Crippen MR) is 114 cm³/mol. The highest BCUT2D eigenvalue weighted by Gasteiger charge is 2.33. The molecule has 2 aromatic rings. The Balaban J connectivity index is 1.85. The molecule has 0 aromatic heterocycles. The van der Waals surface area contributed by atoms with Crippen LogP contribution in [0, 0.1) is 10.1 Å². The van der Waals surface area contributed by atoms with Gasteiger partial charge in [-0.1, -0.05) is 69.0 Å². The van der Waals surface area contributed by atoms with E-state index >= 15 is 0 Å². The number of amides is 1. The first-order valence-corrected chi connectivity index (χ1v) is 9.52. The molecule has 2 aromatic carbocycles. The van der Waals surface area contributed by atoms with E-state index < -0.39 is 4.92 Å². The molecule has 27 heavy (non-hydrogen) atoms. The van der Waals surface area contributed by atoms with Crippen molar-refractivity contribution in [2.75, 3.05) is 4.90 Å². The minimum atomic E-state index is -0.477. The monoisotopic (exact) mass is 398 g/mol. The zero-order chi connectivity index (χ0) is 19.8. The number of non-ortho nitro benzene ring substituents is 1. The van der Waals surface area contributed by atoms with Crippen molar-refractivity contribution in [3.63, 3.8) is 0 Å². The summed E-state index contributed by atoms with van der Waals surface area (Å²) in [5.41, 5.74) is 2.70. The first-order chi connectivity index (χ1) is 12.7. The van der Waals surface area contributed by atoms with Gasteiger partial charge >= 0.3 is 0 Å². The Kier molecular flexibility index (Phi) is 5.17. The maximum atomic E-state index is 12.8. The maximum Gasteiger partial charge on any atom is 0.270 e. The minimum absolute atomic E-state index is 0.0290. The third-order valence-electron chi connectivity index (χ3n) is 4.19. The summed E-state index contributed by atoms with van der Waals surface area (Å²) in [4.78, 5) is 25.0. The van der Waals surface area contributed by atoms with Gasteiger partial charge in [-0.2, -0.15) is 0 Å². The second-order valence-electron chi connectivity index (χ2n) is 7.16. The number of anilines is 1. The molecule has 5 nitrogen and oxygen atoms in total. The second-order valence-corrected chi connectivity index (χ2v) is 8.84. The number of hydrogen-bond acceptors (Lipinski definition) is 5. The quantitative estimate of drug-likeness (QED) is 0.304. The summed E-state index contributed by atoms with van der Waals surface area (Å²) in [6.07, 6.45) is 1.82. The molecule has 1 aliphatic rings. The van der Waals surface area contributed by atoms with E-state index in [4.69, 9.17) is 12.2 Å². The number of thioether (sulfide) groups is 1. The Hall–Kier alpha value is -2.51. The lowest BCUT2D eigenvalue weighted by molar-refractivity contribution is -0.384. The van der Waals surface area contributed by atoms with Crippen LogP contribution in [0.3, 0.4) is 0 Å². The number of carbonyl (C=O) groups is 1. The van der Waals surface area contributed by atoms with Crippen LogP contribution in [0.1, 0.15) is 31.9 Å². The lowest BCUT2D eigenvalue weighted by Gasteiger charge is -2.18. The van der Waals surface area contributed by atoms with Crippen LogP contribution in [0.15, 0.2) is 53.4 Å². The number of nitro groups is 1. The number of benzene rings is 2. The van der Waals surface area contributed by atoms with E-state index in [-0.39, 0.29) is 17.0 Å². The van der Waals surface area contributed by atoms with Crippen molar-refractivity contribution in [2.45, 2.75) is 26.2 Å². The van der Waals surface area contributed by atoms with Crippen LogP contribution in [0.5, 0.6) is 0 Å². The molecule has 1 aliphatic heterocycles. The molecule has 138 valence electrons. The van der Waals surface area contributed by atoms with E-state index in [9.17, 15) is 14.9 Å². The van der Waals surface area contributed by atoms with Gasteiger partial charge in [0, 0.05) is 12.1 Å². The summed E-state index contributed by atoms with van der Waals surface area (Å²) < 4.78 is 0.409. The number of nitrogens with zero attached hydrogens (tertiary/aromatic N) is 2.